The third-order valence-corrected chi connectivity index (χ3v) is 6.89. The van der Waals surface area contributed by atoms with E-state index in [-0.39, 0.29) is 10.8 Å². The summed E-state index contributed by atoms with van der Waals surface area (Å²) in [5.41, 5.74) is 0.785. The molecule has 1 saturated heterocycles. The fraction of sp³-hybridized carbons (Fsp3) is 0.304. The van der Waals surface area contributed by atoms with Gasteiger partial charge in [0.05, 0.1) is 17.8 Å². The van der Waals surface area contributed by atoms with Crippen molar-refractivity contribution in [2.75, 3.05) is 24.4 Å². The zero-order valence-electron chi connectivity index (χ0n) is 17.8. The molecule has 1 fully saturated rings. The molecule has 3 aromatic rings. The molecule has 0 radical (unpaired) electrons. The predicted molar refractivity (Wildman–Crippen MR) is 121 cm³/mol. The maximum Gasteiger partial charge on any atom is 0.261 e. The Kier molecular flexibility index (Phi) is 6.45. The van der Waals surface area contributed by atoms with Crippen molar-refractivity contribution in [3.05, 3.63) is 72.8 Å². The molecule has 1 aromatic heterocycles. The molecule has 2 aromatic carbocycles. The first-order chi connectivity index (χ1) is 15.5. The van der Waals surface area contributed by atoms with Crippen LogP contribution < -0.4 is 9.46 Å². The number of aromatic nitrogens is 2. The summed E-state index contributed by atoms with van der Waals surface area (Å²) in [7, 11) is -3.84. The van der Waals surface area contributed by atoms with E-state index >= 15 is 0 Å². The maximum atomic E-state index is 13.0. The van der Waals surface area contributed by atoms with Crippen LogP contribution in [0.3, 0.4) is 0 Å². The summed E-state index contributed by atoms with van der Waals surface area (Å²) in [6.07, 6.45) is 7.16. The van der Waals surface area contributed by atoms with Crippen LogP contribution in [-0.4, -0.2) is 48.5 Å². The van der Waals surface area contributed by atoms with Crippen molar-refractivity contribution in [2.45, 2.75) is 30.7 Å². The molecule has 4 rings (SSSR count). The lowest BCUT2D eigenvalue weighted by Gasteiger charge is -2.32. The van der Waals surface area contributed by atoms with Crippen LogP contribution in [0.15, 0.2) is 72.1 Å². The van der Waals surface area contributed by atoms with Crippen molar-refractivity contribution in [3.8, 4) is 5.75 Å². The Hall–Kier alpha value is -3.33. The van der Waals surface area contributed by atoms with Gasteiger partial charge in [-0.3, -0.25) is 9.52 Å². The molecule has 2 heterocycles. The van der Waals surface area contributed by atoms with Gasteiger partial charge < -0.3 is 14.2 Å². The van der Waals surface area contributed by atoms with E-state index in [9.17, 15) is 13.2 Å². The minimum atomic E-state index is -3.84. The minimum absolute atomic E-state index is 0.0468. The summed E-state index contributed by atoms with van der Waals surface area (Å²) in [6.45, 7) is 3.64. The molecule has 32 heavy (non-hydrogen) atoms. The predicted octanol–water partition coefficient (Wildman–Crippen LogP) is 3.56. The summed E-state index contributed by atoms with van der Waals surface area (Å²) in [5, 5.41) is 0. The number of amides is 1. The van der Waals surface area contributed by atoms with Crippen LogP contribution in [0, 0.1) is 0 Å². The number of piperidine rings is 1. The molecular formula is C23H26N4O4S. The molecule has 1 amide bonds. The molecule has 168 valence electrons. The summed E-state index contributed by atoms with van der Waals surface area (Å²) >= 11 is 0. The van der Waals surface area contributed by atoms with Gasteiger partial charge in [-0.25, -0.2) is 13.4 Å². The summed E-state index contributed by atoms with van der Waals surface area (Å²) in [6, 6.07) is 13.2. The highest BCUT2D eigenvalue weighted by molar-refractivity contribution is 7.92. The lowest BCUT2D eigenvalue weighted by Crippen LogP contribution is -2.39. The lowest BCUT2D eigenvalue weighted by atomic mass is 10.0. The number of anilines is 1. The largest absolute Gasteiger partial charge is 0.494 e. The van der Waals surface area contributed by atoms with Gasteiger partial charge in [-0.2, -0.15) is 0 Å². The Morgan fingerprint density at radius 3 is 2.56 bits per heavy atom. The number of rotatable bonds is 7. The SMILES string of the molecule is CCOc1ccc(NS(=O)(=O)c2cccc(C(=O)N3CCC(n4ccnc4)CC3)c2)cc1. The number of nitrogens with zero attached hydrogens (tertiary/aromatic N) is 3. The number of hydrogen-bond donors (Lipinski definition) is 1. The van der Waals surface area contributed by atoms with Crippen molar-refractivity contribution in [2.24, 2.45) is 0 Å². The number of likely N-dealkylation sites (tertiary alicyclic amines) is 1. The van der Waals surface area contributed by atoms with Crippen LogP contribution in [0.4, 0.5) is 5.69 Å². The van der Waals surface area contributed by atoms with E-state index in [4.69, 9.17) is 4.74 Å². The standard InChI is InChI=1S/C23H26N4O4S/c1-2-31-21-8-6-19(7-9-21)25-32(29,30)22-5-3-4-18(16-22)23(28)26-13-10-20(11-14-26)27-15-12-24-17-27/h3-9,12,15-17,20,25H,2,10-11,13-14H2,1H3. The Bertz CT molecular complexity index is 1150. The van der Waals surface area contributed by atoms with Crippen molar-refractivity contribution in [1.82, 2.24) is 14.5 Å². The second kappa shape index (κ2) is 9.44. The fourth-order valence-corrected chi connectivity index (χ4v) is 4.94. The van der Waals surface area contributed by atoms with E-state index in [1.807, 2.05) is 13.1 Å². The smallest absolute Gasteiger partial charge is 0.261 e. The second-order valence-electron chi connectivity index (χ2n) is 7.62. The molecule has 0 spiro atoms. The first-order valence-electron chi connectivity index (χ1n) is 10.6. The molecule has 0 unspecified atom stereocenters. The normalized spacial score (nSPS) is 14.8. The van der Waals surface area contributed by atoms with E-state index in [0.29, 0.717) is 42.7 Å². The van der Waals surface area contributed by atoms with Crippen LogP contribution in [-0.2, 0) is 10.0 Å². The summed E-state index contributed by atoms with van der Waals surface area (Å²) < 4.78 is 35.7. The molecule has 8 nitrogen and oxygen atoms in total. The van der Waals surface area contributed by atoms with Crippen LogP contribution in [0.2, 0.25) is 0 Å². The zero-order valence-corrected chi connectivity index (χ0v) is 18.7. The van der Waals surface area contributed by atoms with Gasteiger partial charge in [-0.1, -0.05) is 6.07 Å². The Morgan fingerprint density at radius 1 is 1.16 bits per heavy atom. The van der Waals surface area contributed by atoms with Crippen molar-refractivity contribution in [3.63, 3.8) is 0 Å². The van der Waals surface area contributed by atoms with E-state index in [2.05, 4.69) is 14.3 Å². The molecule has 1 aliphatic rings. The molecular weight excluding hydrogens is 428 g/mol. The number of imidazole rings is 1. The van der Waals surface area contributed by atoms with Crippen LogP contribution in [0.25, 0.3) is 0 Å². The highest BCUT2D eigenvalue weighted by Crippen LogP contribution is 2.24. The minimum Gasteiger partial charge on any atom is -0.494 e. The van der Waals surface area contributed by atoms with Gasteiger partial charge in [0.1, 0.15) is 5.75 Å². The van der Waals surface area contributed by atoms with Crippen LogP contribution in [0.1, 0.15) is 36.2 Å². The lowest BCUT2D eigenvalue weighted by molar-refractivity contribution is 0.0694. The van der Waals surface area contributed by atoms with Gasteiger partial charge in [0, 0.05) is 42.8 Å². The van der Waals surface area contributed by atoms with Gasteiger partial charge in [-0.15, -0.1) is 0 Å². The molecule has 1 aliphatic heterocycles. The number of carbonyl (C=O) groups is 1. The monoisotopic (exact) mass is 454 g/mol. The molecule has 0 aliphatic carbocycles. The quantitative estimate of drug-likeness (QED) is 0.589. The molecule has 0 saturated carbocycles. The topological polar surface area (TPSA) is 93.5 Å². The average Bonchev–Trinajstić information content (AvgIpc) is 3.35. The molecule has 0 bridgehead atoms. The number of benzene rings is 2. The number of sulfonamides is 1. The second-order valence-corrected chi connectivity index (χ2v) is 9.31. The highest BCUT2D eigenvalue weighted by atomic mass is 32.2. The van der Waals surface area contributed by atoms with Crippen LogP contribution >= 0.6 is 0 Å². The van der Waals surface area contributed by atoms with E-state index in [1.54, 1.807) is 53.8 Å². The third kappa shape index (κ3) is 4.94. The number of carbonyl (C=O) groups excluding carboxylic acids is 1. The van der Waals surface area contributed by atoms with Gasteiger partial charge in [-0.05, 0) is 62.2 Å². The summed E-state index contributed by atoms with van der Waals surface area (Å²) in [4.78, 5) is 18.9. The van der Waals surface area contributed by atoms with E-state index in [1.165, 1.54) is 12.1 Å². The average molecular weight is 455 g/mol. The first-order valence-corrected chi connectivity index (χ1v) is 12.1. The molecule has 9 heteroatoms. The zero-order chi connectivity index (χ0) is 22.6. The fourth-order valence-electron chi connectivity index (χ4n) is 3.83. The molecule has 0 atom stereocenters. The number of hydrogen-bond acceptors (Lipinski definition) is 5. The summed E-state index contributed by atoms with van der Waals surface area (Å²) in [5.74, 6) is 0.507. The van der Waals surface area contributed by atoms with E-state index in [0.717, 1.165) is 12.8 Å². The highest BCUT2D eigenvalue weighted by Gasteiger charge is 2.25. The Balaban J connectivity index is 1.43. The van der Waals surface area contributed by atoms with Gasteiger partial charge in [0.2, 0.25) is 0 Å². The van der Waals surface area contributed by atoms with Crippen molar-refractivity contribution >= 4 is 21.6 Å². The van der Waals surface area contributed by atoms with Crippen molar-refractivity contribution in [1.29, 1.82) is 0 Å². The molecule has 1 N–H and O–H groups in total. The van der Waals surface area contributed by atoms with E-state index < -0.39 is 10.0 Å². The maximum absolute atomic E-state index is 13.0. The van der Waals surface area contributed by atoms with Crippen molar-refractivity contribution < 1.29 is 17.9 Å². The van der Waals surface area contributed by atoms with Crippen LogP contribution in [0.5, 0.6) is 5.75 Å². The third-order valence-electron chi connectivity index (χ3n) is 5.51. The Morgan fingerprint density at radius 2 is 1.91 bits per heavy atom. The van der Waals surface area contributed by atoms with Gasteiger partial charge >= 0.3 is 0 Å². The number of nitrogens with one attached hydrogen (secondary N) is 1. The number of ether oxygens (including phenoxy) is 1. The Labute approximate surface area is 187 Å². The first kappa shape index (κ1) is 21.9. The van der Waals surface area contributed by atoms with Gasteiger partial charge in [0.25, 0.3) is 15.9 Å². The van der Waals surface area contributed by atoms with Gasteiger partial charge in [0.15, 0.2) is 0 Å².